The van der Waals surface area contributed by atoms with Gasteiger partial charge in [-0.15, -0.1) is 0 Å². The first-order valence-electron chi connectivity index (χ1n) is 7.03. The van der Waals surface area contributed by atoms with Crippen LogP contribution >= 0.6 is 0 Å². The monoisotopic (exact) mass is 281 g/mol. The van der Waals surface area contributed by atoms with Crippen molar-refractivity contribution in [3.63, 3.8) is 0 Å². The van der Waals surface area contributed by atoms with Crippen LogP contribution in [0.5, 0.6) is 0 Å². The maximum Gasteiger partial charge on any atom is 0.331 e. The van der Waals surface area contributed by atoms with Crippen LogP contribution in [0.2, 0.25) is 0 Å². The molecule has 2 rings (SSSR count). The molecule has 0 spiro atoms. The molecule has 0 aromatic carbocycles. The largest absolute Gasteiger partial charge is 0.393 e. The highest BCUT2D eigenvalue weighted by Crippen LogP contribution is 1.99. The summed E-state index contributed by atoms with van der Waals surface area (Å²) in [5.74, 6) is 0. The first-order chi connectivity index (χ1) is 9.52. The highest BCUT2D eigenvalue weighted by molar-refractivity contribution is 5.30. The van der Waals surface area contributed by atoms with Gasteiger partial charge in [0.25, 0.3) is 5.56 Å². The number of piperazine rings is 1. The Labute approximate surface area is 118 Å². The van der Waals surface area contributed by atoms with Crippen molar-refractivity contribution in [3.05, 3.63) is 27.0 Å². The lowest BCUT2D eigenvalue weighted by Gasteiger charge is -2.32. The summed E-state index contributed by atoms with van der Waals surface area (Å²) in [7, 11) is 2.10. The van der Waals surface area contributed by atoms with Gasteiger partial charge in [-0.2, -0.15) is 0 Å². The number of anilines is 1. The molecule has 0 bridgehead atoms. The van der Waals surface area contributed by atoms with Crippen LogP contribution in [0.25, 0.3) is 0 Å². The minimum Gasteiger partial charge on any atom is -0.393 e. The van der Waals surface area contributed by atoms with E-state index in [4.69, 9.17) is 5.73 Å². The van der Waals surface area contributed by atoms with Gasteiger partial charge >= 0.3 is 5.69 Å². The molecule has 0 aliphatic carbocycles. The Balaban J connectivity index is 2.11. The molecular weight excluding hydrogens is 258 g/mol. The van der Waals surface area contributed by atoms with Gasteiger partial charge in [0.05, 0.1) is 0 Å². The lowest BCUT2D eigenvalue weighted by atomic mass is 10.3. The number of likely N-dealkylation sites (N-methyl/N-ethyl adjacent to an activating group) is 1. The van der Waals surface area contributed by atoms with Crippen LogP contribution in [0.3, 0.4) is 0 Å². The van der Waals surface area contributed by atoms with Crippen LogP contribution < -0.4 is 17.0 Å². The van der Waals surface area contributed by atoms with Crippen molar-refractivity contribution in [2.75, 3.05) is 45.5 Å². The first-order valence-corrected chi connectivity index (χ1v) is 7.03. The second-order valence-electron chi connectivity index (χ2n) is 5.25. The number of hydrogen-bond acceptors (Lipinski definition) is 5. The van der Waals surface area contributed by atoms with Gasteiger partial charge in [-0.25, -0.2) is 4.79 Å². The maximum atomic E-state index is 12.1. The Bertz CT molecular complexity index is 569. The molecule has 7 nitrogen and oxygen atoms in total. The average molecular weight is 281 g/mol. The van der Waals surface area contributed by atoms with Crippen LogP contribution in [-0.4, -0.2) is 58.7 Å². The van der Waals surface area contributed by atoms with Crippen molar-refractivity contribution in [1.82, 2.24) is 18.9 Å². The Hall–Kier alpha value is -1.60. The summed E-state index contributed by atoms with van der Waals surface area (Å²) < 4.78 is 2.72. The van der Waals surface area contributed by atoms with E-state index >= 15 is 0 Å². The van der Waals surface area contributed by atoms with Crippen LogP contribution in [0, 0.1) is 0 Å². The average Bonchev–Trinajstić information content (AvgIpc) is 2.44. The first kappa shape index (κ1) is 14.8. The van der Waals surface area contributed by atoms with Gasteiger partial charge in [-0.1, -0.05) is 0 Å². The molecule has 0 unspecified atom stereocenters. The number of nitrogen functional groups attached to an aromatic ring is 1. The fourth-order valence-electron chi connectivity index (χ4n) is 2.41. The molecular formula is C13H23N5O2. The van der Waals surface area contributed by atoms with E-state index in [1.54, 1.807) is 0 Å². The van der Waals surface area contributed by atoms with E-state index in [0.717, 1.165) is 26.2 Å². The normalized spacial score (nSPS) is 17.5. The summed E-state index contributed by atoms with van der Waals surface area (Å²) in [6.45, 7) is 7.44. The SMILES string of the molecule is CCn1cc(N)c(=O)n(CCN2CCN(C)CC2)c1=O. The zero-order chi connectivity index (χ0) is 14.7. The molecule has 0 amide bonds. The lowest BCUT2D eigenvalue weighted by Crippen LogP contribution is -2.48. The summed E-state index contributed by atoms with van der Waals surface area (Å²) in [6.07, 6.45) is 1.43. The topological polar surface area (TPSA) is 76.5 Å². The third kappa shape index (κ3) is 3.10. The van der Waals surface area contributed by atoms with Crippen LogP contribution in [0.15, 0.2) is 15.8 Å². The van der Waals surface area contributed by atoms with Crippen molar-refractivity contribution in [1.29, 1.82) is 0 Å². The second kappa shape index (κ2) is 6.23. The maximum absolute atomic E-state index is 12.1. The van der Waals surface area contributed by atoms with E-state index in [0.29, 0.717) is 19.6 Å². The van der Waals surface area contributed by atoms with Crippen molar-refractivity contribution in [3.8, 4) is 0 Å². The minimum absolute atomic E-state index is 0.129. The molecule has 0 atom stereocenters. The van der Waals surface area contributed by atoms with Gasteiger partial charge in [0.15, 0.2) is 0 Å². The minimum atomic E-state index is -0.381. The van der Waals surface area contributed by atoms with Gasteiger partial charge < -0.3 is 10.6 Å². The zero-order valence-electron chi connectivity index (χ0n) is 12.2. The lowest BCUT2D eigenvalue weighted by molar-refractivity contribution is 0.149. The standard InChI is InChI=1S/C13H23N5O2/c1-3-17-10-11(14)12(19)18(13(17)20)9-8-16-6-4-15(2)5-7-16/h10H,3-9,14H2,1-2H3. The molecule has 7 heteroatoms. The number of aryl methyl sites for hydroxylation is 1. The Morgan fingerprint density at radius 2 is 1.80 bits per heavy atom. The molecule has 0 radical (unpaired) electrons. The zero-order valence-corrected chi connectivity index (χ0v) is 12.2. The molecule has 2 heterocycles. The fourth-order valence-corrected chi connectivity index (χ4v) is 2.41. The molecule has 20 heavy (non-hydrogen) atoms. The number of nitrogens with zero attached hydrogens (tertiary/aromatic N) is 4. The van der Waals surface area contributed by atoms with Crippen LogP contribution in [0.1, 0.15) is 6.92 Å². The third-order valence-electron chi connectivity index (χ3n) is 3.84. The summed E-state index contributed by atoms with van der Waals surface area (Å²) in [6, 6.07) is 0. The summed E-state index contributed by atoms with van der Waals surface area (Å²) in [5, 5.41) is 0. The molecule has 112 valence electrons. The van der Waals surface area contributed by atoms with Gasteiger partial charge in [0.2, 0.25) is 0 Å². The third-order valence-corrected chi connectivity index (χ3v) is 3.84. The predicted octanol–water partition coefficient (Wildman–Crippen LogP) is -1.14. The van der Waals surface area contributed by atoms with Crippen LogP contribution in [0.4, 0.5) is 5.69 Å². The number of rotatable bonds is 4. The van der Waals surface area contributed by atoms with E-state index in [-0.39, 0.29) is 16.9 Å². The second-order valence-corrected chi connectivity index (χ2v) is 5.25. The summed E-state index contributed by atoms with van der Waals surface area (Å²) in [5.41, 5.74) is 5.15. The molecule has 1 aliphatic heterocycles. The van der Waals surface area contributed by atoms with Crippen molar-refractivity contribution in [2.24, 2.45) is 0 Å². The van der Waals surface area contributed by atoms with Gasteiger partial charge in [-0.05, 0) is 14.0 Å². The number of aromatic nitrogens is 2. The molecule has 1 aliphatic rings. The van der Waals surface area contributed by atoms with Gasteiger partial charge in [0.1, 0.15) is 5.69 Å². The van der Waals surface area contributed by atoms with E-state index in [1.807, 2.05) is 6.92 Å². The number of nitrogens with two attached hydrogens (primary N) is 1. The Morgan fingerprint density at radius 3 is 2.40 bits per heavy atom. The van der Waals surface area contributed by atoms with E-state index in [2.05, 4.69) is 16.8 Å². The van der Waals surface area contributed by atoms with Gasteiger partial charge in [0, 0.05) is 52.0 Å². The molecule has 2 N–H and O–H groups in total. The van der Waals surface area contributed by atoms with E-state index in [9.17, 15) is 9.59 Å². The molecule has 1 saturated heterocycles. The molecule has 1 aromatic rings. The highest BCUT2D eigenvalue weighted by atomic mass is 16.2. The molecule has 0 saturated carbocycles. The van der Waals surface area contributed by atoms with Crippen molar-refractivity contribution >= 4 is 5.69 Å². The summed E-state index contributed by atoms with van der Waals surface area (Å²) >= 11 is 0. The Morgan fingerprint density at radius 1 is 1.15 bits per heavy atom. The highest BCUT2D eigenvalue weighted by Gasteiger charge is 2.15. The summed E-state index contributed by atoms with van der Waals surface area (Å²) in [4.78, 5) is 28.7. The van der Waals surface area contributed by atoms with Crippen molar-refractivity contribution in [2.45, 2.75) is 20.0 Å². The van der Waals surface area contributed by atoms with E-state index < -0.39 is 0 Å². The Kier molecular flexibility index (Phi) is 4.61. The quantitative estimate of drug-likeness (QED) is 0.755. The van der Waals surface area contributed by atoms with E-state index in [1.165, 1.54) is 15.3 Å². The number of hydrogen-bond donors (Lipinski definition) is 1. The smallest absolute Gasteiger partial charge is 0.331 e. The van der Waals surface area contributed by atoms with Crippen LogP contribution in [-0.2, 0) is 13.1 Å². The molecule has 1 fully saturated rings. The molecule has 1 aromatic heterocycles. The van der Waals surface area contributed by atoms with Gasteiger partial charge in [-0.3, -0.25) is 18.8 Å². The predicted molar refractivity (Wildman–Crippen MR) is 79.0 cm³/mol. The fraction of sp³-hybridized carbons (Fsp3) is 0.692. The van der Waals surface area contributed by atoms with Crippen molar-refractivity contribution < 1.29 is 0 Å².